The Morgan fingerprint density at radius 2 is 2.06 bits per heavy atom. The zero-order valence-corrected chi connectivity index (χ0v) is 10.8. The molecule has 1 heterocycles. The average Bonchev–Trinajstić information content (AvgIpc) is 2.65. The molecule has 4 nitrogen and oxygen atoms in total. The van der Waals surface area contributed by atoms with Crippen molar-refractivity contribution in [2.75, 3.05) is 39.8 Å². The van der Waals surface area contributed by atoms with E-state index in [2.05, 4.69) is 24.1 Å². The van der Waals surface area contributed by atoms with Crippen molar-refractivity contribution in [3.05, 3.63) is 36.0 Å². The number of carbonyl (C=O) groups is 1. The van der Waals surface area contributed by atoms with Crippen molar-refractivity contribution in [1.29, 1.82) is 0 Å². The lowest BCUT2D eigenvalue weighted by Gasteiger charge is -2.31. The molecule has 2 aliphatic rings. The molecular weight excluding hydrogens is 228 g/mol. The molecule has 0 bridgehead atoms. The van der Waals surface area contributed by atoms with Crippen molar-refractivity contribution < 1.29 is 9.53 Å². The minimum absolute atomic E-state index is 0.199. The van der Waals surface area contributed by atoms with E-state index in [-0.39, 0.29) is 6.09 Å². The lowest BCUT2D eigenvalue weighted by Crippen LogP contribution is -2.47. The number of hydrogen-bond donors (Lipinski definition) is 0. The Hall–Kier alpha value is -1.55. The molecule has 18 heavy (non-hydrogen) atoms. The topological polar surface area (TPSA) is 32.8 Å². The molecule has 0 aromatic heterocycles. The third-order valence-corrected chi connectivity index (χ3v) is 3.20. The van der Waals surface area contributed by atoms with Gasteiger partial charge in [-0.3, -0.25) is 0 Å². The third kappa shape index (κ3) is 3.74. The molecule has 0 aromatic rings. The molecule has 0 N–H and O–H groups in total. The van der Waals surface area contributed by atoms with Crippen LogP contribution in [0.5, 0.6) is 0 Å². The number of hydrogen-bond acceptors (Lipinski definition) is 3. The third-order valence-electron chi connectivity index (χ3n) is 3.20. The quantitative estimate of drug-likeness (QED) is 0.747. The molecule has 0 unspecified atom stereocenters. The van der Waals surface area contributed by atoms with E-state index in [4.69, 9.17) is 4.74 Å². The SMILES string of the molecule is CN1CCN(C(=O)OCC2=CCC=CC=C2)CC1. The molecule has 0 atom stereocenters. The van der Waals surface area contributed by atoms with Crippen molar-refractivity contribution in [1.82, 2.24) is 9.80 Å². The molecule has 1 aliphatic heterocycles. The Bertz CT molecular complexity index is 377. The van der Waals surface area contributed by atoms with E-state index in [9.17, 15) is 4.79 Å². The lowest BCUT2D eigenvalue weighted by molar-refractivity contribution is 0.0884. The standard InChI is InChI=1S/C14H20N2O2/c1-15-8-10-16(11-9-15)14(17)18-12-13-6-4-2-3-5-7-13/h2-4,6-7H,5,8-12H2,1H3. The van der Waals surface area contributed by atoms with Gasteiger partial charge in [-0.25, -0.2) is 4.79 Å². The average molecular weight is 248 g/mol. The van der Waals surface area contributed by atoms with Gasteiger partial charge in [0, 0.05) is 26.2 Å². The van der Waals surface area contributed by atoms with Gasteiger partial charge in [0.2, 0.25) is 0 Å². The van der Waals surface area contributed by atoms with Gasteiger partial charge in [-0.1, -0.05) is 30.4 Å². The highest BCUT2D eigenvalue weighted by molar-refractivity contribution is 5.68. The van der Waals surface area contributed by atoms with E-state index in [0.717, 1.165) is 38.2 Å². The van der Waals surface area contributed by atoms with Crippen molar-refractivity contribution in [3.63, 3.8) is 0 Å². The van der Waals surface area contributed by atoms with Crippen LogP contribution in [-0.4, -0.2) is 55.7 Å². The molecular formula is C14H20N2O2. The van der Waals surface area contributed by atoms with Crippen LogP contribution in [-0.2, 0) is 4.74 Å². The minimum atomic E-state index is -0.199. The maximum absolute atomic E-state index is 11.9. The number of allylic oxidation sites excluding steroid dienone is 4. The molecule has 4 heteroatoms. The molecule has 1 amide bonds. The number of piperazine rings is 1. The Balaban J connectivity index is 1.76. The van der Waals surface area contributed by atoms with Crippen LogP contribution in [0.25, 0.3) is 0 Å². The second-order valence-electron chi connectivity index (χ2n) is 4.65. The Labute approximate surface area is 108 Å². The molecule has 1 fully saturated rings. The van der Waals surface area contributed by atoms with E-state index in [0.29, 0.717) is 6.61 Å². The van der Waals surface area contributed by atoms with Crippen LogP contribution in [0.15, 0.2) is 36.0 Å². The summed E-state index contributed by atoms with van der Waals surface area (Å²) >= 11 is 0. The smallest absolute Gasteiger partial charge is 0.410 e. The van der Waals surface area contributed by atoms with Gasteiger partial charge in [0.1, 0.15) is 6.61 Å². The number of likely N-dealkylation sites (N-methyl/N-ethyl adjacent to an activating group) is 1. The summed E-state index contributed by atoms with van der Waals surface area (Å²) in [7, 11) is 2.07. The van der Waals surface area contributed by atoms with Gasteiger partial charge in [0.05, 0.1) is 0 Å². The van der Waals surface area contributed by atoms with Crippen LogP contribution < -0.4 is 0 Å². The second-order valence-corrected chi connectivity index (χ2v) is 4.65. The second kappa shape index (κ2) is 6.40. The van der Waals surface area contributed by atoms with Gasteiger partial charge in [-0.15, -0.1) is 0 Å². The predicted molar refractivity (Wildman–Crippen MR) is 71.4 cm³/mol. The van der Waals surface area contributed by atoms with Crippen LogP contribution in [0.2, 0.25) is 0 Å². The highest BCUT2D eigenvalue weighted by Crippen LogP contribution is 2.07. The van der Waals surface area contributed by atoms with Gasteiger partial charge in [0.15, 0.2) is 0 Å². The van der Waals surface area contributed by atoms with Gasteiger partial charge in [-0.05, 0) is 19.0 Å². The fourth-order valence-electron chi connectivity index (χ4n) is 1.96. The number of nitrogens with zero attached hydrogens (tertiary/aromatic N) is 2. The van der Waals surface area contributed by atoms with Crippen LogP contribution >= 0.6 is 0 Å². The van der Waals surface area contributed by atoms with Crippen molar-refractivity contribution >= 4 is 6.09 Å². The molecule has 0 spiro atoms. The Kier molecular flexibility index (Phi) is 4.59. The first-order chi connectivity index (χ1) is 8.75. The van der Waals surface area contributed by atoms with Gasteiger partial charge < -0.3 is 14.5 Å². The van der Waals surface area contributed by atoms with Crippen LogP contribution in [0, 0.1) is 0 Å². The van der Waals surface area contributed by atoms with Crippen molar-refractivity contribution in [3.8, 4) is 0 Å². The monoisotopic (exact) mass is 248 g/mol. The van der Waals surface area contributed by atoms with E-state index in [1.165, 1.54) is 0 Å². The highest BCUT2D eigenvalue weighted by atomic mass is 16.6. The summed E-state index contributed by atoms with van der Waals surface area (Å²) in [6.45, 7) is 3.71. The first-order valence-corrected chi connectivity index (χ1v) is 6.38. The molecule has 0 saturated carbocycles. The fourth-order valence-corrected chi connectivity index (χ4v) is 1.96. The summed E-state index contributed by atoms with van der Waals surface area (Å²) in [6.07, 6.45) is 10.8. The minimum Gasteiger partial charge on any atom is -0.445 e. The summed E-state index contributed by atoms with van der Waals surface area (Å²) in [5.74, 6) is 0. The zero-order valence-electron chi connectivity index (χ0n) is 10.8. The summed E-state index contributed by atoms with van der Waals surface area (Å²) in [4.78, 5) is 15.8. The molecule has 2 rings (SSSR count). The Morgan fingerprint density at radius 3 is 2.83 bits per heavy atom. The van der Waals surface area contributed by atoms with Gasteiger partial charge in [0.25, 0.3) is 0 Å². The summed E-state index contributed by atoms with van der Waals surface area (Å²) < 4.78 is 5.33. The first kappa shape index (κ1) is 12.9. The predicted octanol–water partition coefficient (Wildman–Crippen LogP) is 1.81. The van der Waals surface area contributed by atoms with Crippen LogP contribution in [0.3, 0.4) is 0 Å². The fraction of sp³-hybridized carbons (Fsp3) is 0.500. The van der Waals surface area contributed by atoms with Gasteiger partial charge in [-0.2, -0.15) is 0 Å². The maximum atomic E-state index is 11.9. The van der Waals surface area contributed by atoms with Crippen molar-refractivity contribution in [2.45, 2.75) is 6.42 Å². The molecule has 1 saturated heterocycles. The number of ether oxygens (including phenoxy) is 1. The van der Waals surface area contributed by atoms with E-state index in [1.54, 1.807) is 4.90 Å². The van der Waals surface area contributed by atoms with Gasteiger partial charge >= 0.3 is 6.09 Å². The summed E-state index contributed by atoms with van der Waals surface area (Å²) in [5.41, 5.74) is 1.06. The largest absolute Gasteiger partial charge is 0.445 e. The molecule has 98 valence electrons. The lowest BCUT2D eigenvalue weighted by atomic mass is 10.2. The van der Waals surface area contributed by atoms with Crippen molar-refractivity contribution in [2.24, 2.45) is 0 Å². The van der Waals surface area contributed by atoms with Crippen LogP contribution in [0.4, 0.5) is 4.79 Å². The van der Waals surface area contributed by atoms with E-state index >= 15 is 0 Å². The molecule has 0 aromatic carbocycles. The van der Waals surface area contributed by atoms with E-state index in [1.807, 2.05) is 18.2 Å². The number of amides is 1. The van der Waals surface area contributed by atoms with Crippen LogP contribution in [0.1, 0.15) is 6.42 Å². The summed E-state index contributed by atoms with van der Waals surface area (Å²) in [6, 6.07) is 0. The normalized spacial score (nSPS) is 20.5. The molecule has 0 radical (unpaired) electrons. The zero-order chi connectivity index (χ0) is 12.8. The highest BCUT2D eigenvalue weighted by Gasteiger charge is 2.19. The van der Waals surface area contributed by atoms with E-state index < -0.39 is 0 Å². The maximum Gasteiger partial charge on any atom is 0.410 e. The number of rotatable bonds is 2. The first-order valence-electron chi connectivity index (χ1n) is 6.38. The number of carbonyl (C=O) groups excluding carboxylic acids is 1. The Morgan fingerprint density at radius 1 is 1.28 bits per heavy atom. The summed E-state index contributed by atoms with van der Waals surface area (Å²) in [5, 5.41) is 0. The molecule has 1 aliphatic carbocycles.